The lowest BCUT2D eigenvalue weighted by Crippen LogP contribution is -2.06. The van der Waals surface area contributed by atoms with Crippen LogP contribution in [0.1, 0.15) is 25.3 Å². The summed E-state index contributed by atoms with van der Waals surface area (Å²) in [5.41, 5.74) is 9.32. The summed E-state index contributed by atoms with van der Waals surface area (Å²) in [7, 11) is 0. The number of nitrogens with zero attached hydrogens (tertiary/aromatic N) is 4. The molecular formula is C43H32N4O. The van der Waals surface area contributed by atoms with Crippen molar-refractivity contribution >= 4 is 43.7 Å². The average Bonchev–Trinajstić information content (AvgIpc) is 3.69. The maximum Gasteiger partial charge on any atom is 0.238 e. The van der Waals surface area contributed by atoms with E-state index in [9.17, 15) is 0 Å². The predicted molar refractivity (Wildman–Crippen MR) is 196 cm³/mol. The van der Waals surface area contributed by atoms with Gasteiger partial charge >= 0.3 is 0 Å². The minimum atomic E-state index is 0.583. The Labute approximate surface area is 278 Å². The van der Waals surface area contributed by atoms with Gasteiger partial charge in [0, 0.05) is 38.2 Å². The zero-order chi connectivity index (χ0) is 32.0. The van der Waals surface area contributed by atoms with E-state index in [-0.39, 0.29) is 0 Å². The number of unbranched alkanes of at least 4 members (excludes halogenated alkanes) is 1. The first-order valence-corrected chi connectivity index (χ1v) is 16.6. The molecule has 0 fully saturated rings. The molecule has 0 atom stereocenters. The van der Waals surface area contributed by atoms with Crippen molar-refractivity contribution in [2.45, 2.75) is 26.2 Å². The molecule has 0 unspecified atom stereocenters. The van der Waals surface area contributed by atoms with Gasteiger partial charge < -0.3 is 4.42 Å². The third-order valence-electron chi connectivity index (χ3n) is 9.25. The van der Waals surface area contributed by atoms with Crippen molar-refractivity contribution in [3.63, 3.8) is 0 Å². The first-order chi connectivity index (χ1) is 23.7. The summed E-state index contributed by atoms with van der Waals surface area (Å²) in [6.07, 6.45) is 3.42. The van der Waals surface area contributed by atoms with Gasteiger partial charge in [-0.3, -0.25) is 4.57 Å². The molecule has 9 rings (SSSR count). The van der Waals surface area contributed by atoms with Crippen LogP contribution in [0, 0.1) is 0 Å². The number of para-hydroxylation sites is 2. The minimum Gasteiger partial charge on any atom is -0.455 e. The van der Waals surface area contributed by atoms with Crippen LogP contribution in [0.25, 0.3) is 83.6 Å². The van der Waals surface area contributed by atoms with Crippen molar-refractivity contribution in [1.82, 2.24) is 19.5 Å². The van der Waals surface area contributed by atoms with Gasteiger partial charge in [-0.1, -0.05) is 129 Å². The molecule has 0 aliphatic heterocycles. The van der Waals surface area contributed by atoms with Crippen molar-refractivity contribution in [2.24, 2.45) is 0 Å². The second kappa shape index (κ2) is 11.6. The monoisotopic (exact) mass is 620 g/mol. The van der Waals surface area contributed by atoms with E-state index in [1.165, 1.54) is 18.4 Å². The summed E-state index contributed by atoms with van der Waals surface area (Å²) in [6, 6.07) is 48.5. The molecule has 0 saturated heterocycles. The Bertz CT molecular complexity index is 2540. The maximum absolute atomic E-state index is 6.61. The Kier molecular flexibility index (Phi) is 6.82. The van der Waals surface area contributed by atoms with Crippen LogP contribution in [0.4, 0.5) is 0 Å². The lowest BCUT2D eigenvalue weighted by molar-refractivity contribution is 0.668. The first-order valence-electron chi connectivity index (χ1n) is 16.6. The molecule has 0 N–H and O–H groups in total. The Balaban J connectivity index is 1.24. The van der Waals surface area contributed by atoms with E-state index < -0.39 is 0 Å². The van der Waals surface area contributed by atoms with Gasteiger partial charge in [0.1, 0.15) is 11.2 Å². The average molecular weight is 621 g/mol. The quantitative estimate of drug-likeness (QED) is 0.178. The van der Waals surface area contributed by atoms with E-state index in [2.05, 4.69) is 90.4 Å². The smallest absolute Gasteiger partial charge is 0.238 e. The standard InChI is InChI=1S/C43H32N4O/c1-2-3-13-28-22-24-34-35-20-12-19-32(40(35)48-39(34)26-28)31-23-25-38-36(27-31)33-18-10-11-21-37(33)47(38)43-45-41(29-14-6-4-7-15-29)44-42(46-43)30-16-8-5-9-17-30/h4-12,14-27H,2-3,13H2,1H3. The molecule has 0 radical (unpaired) electrons. The Morgan fingerprint density at radius 2 is 1.23 bits per heavy atom. The molecular weight excluding hydrogens is 589 g/mol. The summed E-state index contributed by atoms with van der Waals surface area (Å²) in [4.78, 5) is 15.1. The highest BCUT2D eigenvalue weighted by molar-refractivity contribution is 6.13. The summed E-state index contributed by atoms with van der Waals surface area (Å²) in [6.45, 7) is 2.23. The van der Waals surface area contributed by atoms with Gasteiger partial charge in [0.05, 0.1) is 11.0 Å². The van der Waals surface area contributed by atoms with E-state index in [0.29, 0.717) is 17.6 Å². The molecule has 48 heavy (non-hydrogen) atoms. The number of benzene rings is 6. The third kappa shape index (κ3) is 4.75. The maximum atomic E-state index is 6.61. The molecule has 0 spiro atoms. The van der Waals surface area contributed by atoms with Gasteiger partial charge in [-0.05, 0) is 48.2 Å². The van der Waals surface area contributed by atoms with Crippen molar-refractivity contribution in [3.05, 3.63) is 145 Å². The number of rotatable bonds is 7. The number of furan rings is 1. The van der Waals surface area contributed by atoms with Crippen LogP contribution in [-0.4, -0.2) is 19.5 Å². The molecule has 6 aromatic carbocycles. The third-order valence-corrected chi connectivity index (χ3v) is 9.25. The number of hydrogen-bond donors (Lipinski definition) is 0. The van der Waals surface area contributed by atoms with Crippen LogP contribution >= 0.6 is 0 Å². The predicted octanol–water partition coefficient (Wildman–Crippen LogP) is 11.2. The van der Waals surface area contributed by atoms with Crippen molar-refractivity contribution in [2.75, 3.05) is 0 Å². The minimum absolute atomic E-state index is 0.583. The Morgan fingerprint density at radius 3 is 1.98 bits per heavy atom. The second-order valence-corrected chi connectivity index (χ2v) is 12.3. The summed E-state index contributed by atoms with van der Waals surface area (Å²) >= 11 is 0. The Hall–Kier alpha value is -6.07. The number of hydrogen-bond acceptors (Lipinski definition) is 4. The molecule has 5 nitrogen and oxygen atoms in total. The largest absolute Gasteiger partial charge is 0.455 e. The molecule has 0 aliphatic rings. The summed E-state index contributed by atoms with van der Waals surface area (Å²) < 4.78 is 8.77. The lowest BCUT2D eigenvalue weighted by atomic mass is 10.00. The van der Waals surface area contributed by atoms with Gasteiger partial charge in [0.2, 0.25) is 5.95 Å². The van der Waals surface area contributed by atoms with Crippen LogP contribution in [0.2, 0.25) is 0 Å². The van der Waals surface area contributed by atoms with Crippen LogP contribution in [0.15, 0.2) is 144 Å². The van der Waals surface area contributed by atoms with Gasteiger partial charge in [-0.25, -0.2) is 4.98 Å². The summed E-state index contributed by atoms with van der Waals surface area (Å²) in [5, 5.41) is 4.55. The molecule has 230 valence electrons. The first kappa shape index (κ1) is 28.2. The van der Waals surface area contributed by atoms with Gasteiger partial charge in [0.25, 0.3) is 0 Å². The fourth-order valence-electron chi connectivity index (χ4n) is 6.86. The van der Waals surface area contributed by atoms with Gasteiger partial charge in [0.15, 0.2) is 11.6 Å². The fraction of sp³-hybridized carbons (Fsp3) is 0.0930. The van der Waals surface area contributed by atoms with Crippen LogP contribution in [0.5, 0.6) is 0 Å². The second-order valence-electron chi connectivity index (χ2n) is 12.3. The number of fused-ring (bicyclic) bond motifs is 6. The van der Waals surface area contributed by atoms with E-state index in [0.717, 1.165) is 72.4 Å². The molecule has 0 saturated carbocycles. The highest BCUT2D eigenvalue weighted by Crippen LogP contribution is 2.39. The van der Waals surface area contributed by atoms with E-state index >= 15 is 0 Å². The van der Waals surface area contributed by atoms with E-state index in [1.54, 1.807) is 0 Å². The van der Waals surface area contributed by atoms with E-state index in [4.69, 9.17) is 19.4 Å². The van der Waals surface area contributed by atoms with Crippen molar-refractivity contribution in [3.8, 4) is 39.9 Å². The fourth-order valence-corrected chi connectivity index (χ4v) is 6.86. The number of aromatic nitrogens is 4. The van der Waals surface area contributed by atoms with Crippen LogP contribution in [-0.2, 0) is 6.42 Å². The molecule has 0 bridgehead atoms. The Morgan fingerprint density at radius 1 is 0.542 bits per heavy atom. The molecule has 5 heteroatoms. The van der Waals surface area contributed by atoms with Gasteiger partial charge in [-0.2, -0.15) is 9.97 Å². The molecule has 0 aliphatic carbocycles. The van der Waals surface area contributed by atoms with E-state index in [1.807, 2.05) is 60.7 Å². The molecule has 9 aromatic rings. The summed E-state index contributed by atoms with van der Waals surface area (Å²) in [5.74, 6) is 1.85. The topological polar surface area (TPSA) is 56.7 Å². The van der Waals surface area contributed by atoms with Gasteiger partial charge in [-0.15, -0.1) is 0 Å². The number of aryl methyl sites for hydroxylation is 1. The zero-order valence-electron chi connectivity index (χ0n) is 26.6. The van der Waals surface area contributed by atoms with Crippen molar-refractivity contribution in [1.29, 1.82) is 0 Å². The normalized spacial score (nSPS) is 11.7. The SMILES string of the molecule is CCCCc1ccc2c(c1)oc1c(-c3ccc4c(c3)c3ccccc3n4-c3nc(-c4ccccc4)nc(-c4ccccc4)n3)cccc12. The van der Waals surface area contributed by atoms with Crippen LogP contribution in [0.3, 0.4) is 0 Å². The lowest BCUT2D eigenvalue weighted by Gasteiger charge is -2.11. The highest BCUT2D eigenvalue weighted by Gasteiger charge is 2.19. The molecule has 3 heterocycles. The zero-order valence-corrected chi connectivity index (χ0v) is 26.6. The highest BCUT2D eigenvalue weighted by atomic mass is 16.3. The molecule has 3 aromatic heterocycles. The molecule has 0 amide bonds. The van der Waals surface area contributed by atoms with Crippen molar-refractivity contribution < 1.29 is 4.42 Å². The van der Waals surface area contributed by atoms with Crippen LogP contribution < -0.4 is 0 Å².